The third-order valence-corrected chi connectivity index (χ3v) is 19.0. The molecule has 3 aromatic carbocycles. The summed E-state index contributed by atoms with van der Waals surface area (Å²) in [5.74, 6) is -6.74. The molecule has 0 unspecified atom stereocenters. The van der Waals surface area contributed by atoms with Gasteiger partial charge < -0.3 is 81.3 Å². The van der Waals surface area contributed by atoms with E-state index in [0.29, 0.717) is 71.8 Å². The van der Waals surface area contributed by atoms with Crippen molar-refractivity contribution >= 4 is 93.8 Å². The quantitative estimate of drug-likeness (QED) is 0.0157. The highest BCUT2D eigenvalue weighted by Crippen LogP contribution is 2.35. The van der Waals surface area contributed by atoms with Crippen LogP contribution in [0.4, 0.5) is 0 Å². The molecule has 12 atom stereocenters. The molecule has 2 fully saturated rings. The summed E-state index contributed by atoms with van der Waals surface area (Å²) in [6.45, 7) is 1.56. The predicted molar refractivity (Wildman–Crippen MR) is 342 cm³/mol. The van der Waals surface area contributed by atoms with Crippen molar-refractivity contribution in [1.29, 1.82) is 0 Å². The molecule has 28 heteroatoms. The van der Waals surface area contributed by atoms with Gasteiger partial charge in [0.05, 0.1) is 49.7 Å². The van der Waals surface area contributed by atoms with Gasteiger partial charge in [-0.05, 0) is 107 Å². The summed E-state index contributed by atoms with van der Waals surface area (Å²) >= 11 is 6.07. The maximum Gasteiger partial charge on any atom is 0.364 e. The van der Waals surface area contributed by atoms with Gasteiger partial charge in [0.1, 0.15) is 24.4 Å². The minimum atomic E-state index is -2.47. The number of hydrogen-bond donors (Lipinski definition) is 12. The van der Waals surface area contributed by atoms with Gasteiger partial charge in [-0.2, -0.15) is 23.5 Å². The van der Waals surface area contributed by atoms with Crippen molar-refractivity contribution in [2.45, 2.75) is 125 Å². The normalized spacial score (nSPS) is 22.7. The van der Waals surface area contributed by atoms with E-state index in [1.54, 1.807) is 95.5 Å². The Kier molecular flexibility index (Phi) is 27.7. The van der Waals surface area contributed by atoms with Crippen molar-refractivity contribution in [3.63, 3.8) is 0 Å². The van der Waals surface area contributed by atoms with Gasteiger partial charge in [0.25, 0.3) is 23.5 Å². The van der Waals surface area contributed by atoms with Crippen LogP contribution in [0.25, 0.3) is 20.9 Å². The largest absolute Gasteiger partial charge is 0.477 e. The van der Waals surface area contributed by atoms with Crippen molar-refractivity contribution < 1.29 is 93.0 Å². The number of thiophene rings is 2. The first-order valence-electron chi connectivity index (χ1n) is 29.5. The average molecular weight is 1340 g/mol. The highest BCUT2D eigenvalue weighted by atomic mass is 32.2. The van der Waals surface area contributed by atoms with E-state index in [1.165, 1.54) is 30.4 Å². The number of nitrogens with one attached hydrogen (secondary N) is 5. The Morgan fingerprint density at radius 3 is 1.51 bits per heavy atom. The van der Waals surface area contributed by atoms with E-state index in [1.807, 2.05) is 35.0 Å². The monoisotopic (exact) mass is 1340 g/mol. The van der Waals surface area contributed by atoms with Crippen LogP contribution in [0.15, 0.2) is 108 Å². The zero-order chi connectivity index (χ0) is 65.7. The number of Topliss-reactive ketones (excluding diaryl/α,β-unsaturated/α-hetero) is 1. The van der Waals surface area contributed by atoms with Crippen LogP contribution in [-0.4, -0.2) is 212 Å². The van der Waals surface area contributed by atoms with Crippen LogP contribution in [0, 0.1) is 0 Å². The van der Waals surface area contributed by atoms with E-state index in [9.17, 15) is 74.1 Å². The number of ketones is 1. The van der Waals surface area contributed by atoms with Crippen LogP contribution in [0.5, 0.6) is 0 Å². The summed E-state index contributed by atoms with van der Waals surface area (Å²) in [6, 6.07) is 25.0. The highest BCUT2D eigenvalue weighted by molar-refractivity contribution is 7.99. The Morgan fingerprint density at radius 2 is 1.03 bits per heavy atom. The lowest BCUT2D eigenvalue weighted by Crippen LogP contribution is -2.68. The number of carboxylic acids is 1. The average Bonchev–Trinajstić information content (AvgIpc) is 2.09. The summed E-state index contributed by atoms with van der Waals surface area (Å²) < 4.78 is 23.4. The van der Waals surface area contributed by atoms with E-state index in [4.69, 9.17) is 18.9 Å². The summed E-state index contributed by atoms with van der Waals surface area (Å²) in [5, 5.41) is 93.9. The number of carboxylic acid groups (broad SMARTS) is 1. The van der Waals surface area contributed by atoms with E-state index in [2.05, 4.69) is 26.6 Å². The maximum atomic E-state index is 13.0. The number of rotatable bonds is 35. The molecule has 2 aliphatic heterocycles. The van der Waals surface area contributed by atoms with Gasteiger partial charge in [0.2, 0.25) is 17.6 Å². The Hall–Kier alpha value is -6.48. The van der Waals surface area contributed by atoms with Crippen LogP contribution in [0.1, 0.15) is 93.8 Å². The predicted octanol–water partition coefficient (Wildman–Crippen LogP) is 3.40. The molecule has 2 saturated heterocycles. The minimum absolute atomic E-state index is 0.0172. The highest BCUT2D eigenvalue weighted by Gasteiger charge is 2.56. The molecule has 0 bridgehead atoms. The van der Waals surface area contributed by atoms with E-state index in [0.717, 1.165) is 27.8 Å². The third kappa shape index (κ3) is 20.5. The van der Waals surface area contributed by atoms with Gasteiger partial charge >= 0.3 is 5.97 Å². The van der Waals surface area contributed by atoms with Gasteiger partial charge in [0, 0.05) is 90.5 Å². The third-order valence-electron chi connectivity index (χ3n) is 15.0. The van der Waals surface area contributed by atoms with Crippen molar-refractivity contribution in [3.8, 4) is 20.9 Å². The van der Waals surface area contributed by atoms with Crippen molar-refractivity contribution in [2.75, 3.05) is 55.9 Å². The number of ether oxygens (including phenoxy) is 4. The minimum Gasteiger partial charge on any atom is -0.477 e. The molecule has 5 amide bonds. The van der Waals surface area contributed by atoms with Gasteiger partial charge in [-0.3, -0.25) is 33.6 Å². The van der Waals surface area contributed by atoms with Crippen LogP contribution >= 0.6 is 46.2 Å². The van der Waals surface area contributed by atoms with Crippen LogP contribution in [0.2, 0.25) is 0 Å². The Morgan fingerprint density at radius 1 is 0.593 bits per heavy atom. The number of hydrogen-bond acceptors (Lipinski definition) is 22. The second-order valence-electron chi connectivity index (χ2n) is 21.8. The smallest absolute Gasteiger partial charge is 0.364 e. The number of carbonyl (C=O) groups is 8. The first-order chi connectivity index (χ1) is 43.6. The lowest BCUT2D eigenvalue weighted by molar-refractivity contribution is -0.310. The number of aliphatic hydroxyl groups excluding tert-OH is 6. The van der Waals surface area contributed by atoms with Gasteiger partial charge in [0.15, 0.2) is 12.1 Å². The van der Waals surface area contributed by atoms with Gasteiger partial charge in [-0.1, -0.05) is 48.5 Å². The maximum absolute atomic E-state index is 13.0. The van der Waals surface area contributed by atoms with E-state index >= 15 is 0 Å². The lowest BCUT2D eigenvalue weighted by atomic mass is 9.88. The molecule has 0 spiro atoms. The summed E-state index contributed by atoms with van der Waals surface area (Å²) in [5.41, 5.74) is 3.20. The second kappa shape index (κ2) is 35.0. The molecule has 0 radical (unpaired) electrons. The van der Waals surface area contributed by atoms with E-state index < -0.39 is 128 Å². The first-order valence-corrected chi connectivity index (χ1v) is 33.6. The molecule has 4 heterocycles. The molecule has 24 nitrogen and oxygen atoms in total. The van der Waals surface area contributed by atoms with Gasteiger partial charge in [-0.25, -0.2) is 4.79 Å². The van der Waals surface area contributed by atoms with Crippen LogP contribution in [0.3, 0.4) is 0 Å². The molecule has 12 N–H and O–H groups in total. The molecule has 0 saturated carbocycles. The summed E-state index contributed by atoms with van der Waals surface area (Å²) in [7, 11) is 0. The Bertz CT molecular complexity index is 3180. The van der Waals surface area contributed by atoms with Crippen LogP contribution < -0.4 is 26.6 Å². The van der Waals surface area contributed by atoms with Gasteiger partial charge in [-0.15, -0.1) is 22.7 Å². The number of aliphatic hydroxyl groups is 6. The van der Waals surface area contributed by atoms with Crippen molar-refractivity contribution in [2.24, 2.45) is 0 Å². The van der Waals surface area contributed by atoms with E-state index in [-0.39, 0.29) is 36.9 Å². The number of aliphatic carboxylic acids is 1. The van der Waals surface area contributed by atoms with Crippen LogP contribution in [-0.2, 0) is 38.1 Å². The Labute approximate surface area is 542 Å². The molecular formula is C63H77N5O19S4. The molecule has 91 heavy (non-hydrogen) atoms. The number of benzene rings is 3. The van der Waals surface area contributed by atoms with Crippen molar-refractivity contribution in [3.05, 3.63) is 130 Å². The lowest BCUT2D eigenvalue weighted by Gasteiger charge is -2.46. The number of amides is 5. The summed E-state index contributed by atoms with van der Waals surface area (Å²) in [6.07, 6.45) is -12.5. The fourth-order valence-corrected chi connectivity index (χ4v) is 13.3. The van der Waals surface area contributed by atoms with Crippen molar-refractivity contribution in [1.82, 2.24) is 26.6 Å². The zero-order valence-corrected chi connectivity index (χ0v) is 53.3. The molecular weight excluding hydrogens is 1260 g/mol. The topological polar surface area (TPSA) is 375 Å². The molecule has 2 aromatic heterocycles. The molecule has 5 aromatic rings. The molecule has 2 aliphatic rings. The summed E-state index contributed by atoms with van der Waals surface area (Å²) in [4.78, 5) is 103. The number of thioether (sulfide) groups is 2. The molecule has 492 valence electrons. The Balaban J connectivity index is 0.763. The number of aldehydes is 1. The standard InChI is InChI=1S/C63H77N5O19S4/c1-37(70)67-52-46(73)32-62(36-69,86-56(52)54(77)48(75)34-65-59(80)43-19-13-40(14-20-43)50-9-4-29-90-50)84-24-6-28-89-31-23-64-58(79)42-17-11-39(12-18-42)45(72)8-3-26-88-27-7-25-85-63(61(82)83)33-47(74)53(68-38(2)71)57(87-63)55(78)49(76)35-66-60(81)44-21-15-41(16-22-44)51-10-5-30-91-51/h4-5,9-22,29-30,36,46-49,52-57,73-78H,3,6-8,23-28,31-35H2,1-2H3,(H,64,79)(H,65,80)(H,66,81)(H,67,70)(H,68,71)(H,82,83)/t46-,47-,48+,49+,52+,53+,54+,55+,56+,57+,62+,63+/m0/s1. The fraction of sp³-hybridized carbons (Fsp3) is 0.460. The molecule has 7 rings (SSSR count). The SMILES string of the molecule is CC(=O)N[C@H]1[C@H]([C@H](O)[C@H](O)CNC(=O)c2ccc(-c3cccs3)cc2)O[C@](C=O)(OCCCSCCNC(=O)c2ccc(C(=O)CCCSCCCO[C@]3(C(=O)O)C[C@H](O)[C@@H](NC(C)=O)[C@H]([C@H](O)[C@H](O)CNC(=O)c4ccc(-c5cccs5)cc4)O3)cc2)C[C@@H]1O. The number of carbonyl (C=O) groups excluding carboxylic acids is 7. The second-order valence-corrected chi connectivity index (χ2v) is 26.1. The molecule has 0 aliphatic carbocycles. The zero-order valence-electron chi connectivity index (χ0n) is 50.0. The first kappa shape index (κ1) is 72.0. The fourth-order valence-electron chi connectivity index (χ4n) is 10.2.